The molecule has 0 radical (unpaired) electrons. The van der Waals surface area contributed by atoms with E-state index in [-0.39, 0.29) is 0 Å². The molecule has 3 rings (SSSR count). The molecule has 1 aromatic carbocycles. The first kappa shape index (κ1) is 9.17. The summed E-state index contributed by atoms with van der Waals surface area (Å²) in [5, 5.41) is 0. The van der Waals surface area contributed by atoms with Crippen molar-refractivity contribution < 1.29 is 0 Å². The van der Waals surface area contributed by atoms with Gasteiger partial charge in [0.1, 0.15) is 0 Å². The van der Waals surface area contributed by atoms with Gasteiger partial charge >= 0.3 is 0 Å². The molecule has 0 spiro atoms. The zero-order valence-electron chi connectivity index (χ0n) is 9.19. The molecule has 1 aromatic rings. The van der Waals surface area contributed by atoms with E-state index in [1.807, 2.05) is 0 Å². The van der Waals surface area contributed by atoms with Crippen LogP contribution >= 0.6 is 0 Å². The van der Waals surface area contributed by atoms with Crippen molar-refractivity contribution in [2.75, 3.05) is 7.05 Å². The normalized spacial score (nSPS) is 30.3. The van der Waals surface area contributed by atoms with Crippen LogP contribution in [-0.2, 0) is 0 Å². The Kier molecular flexibility index (Phi) is 2.14. The number of benzene rings is 1. The van der Waals surface area contributed by atoms with Crippen molar-refractivity contribution in [1.82, 2.24) is 4.90 Å². The second kappa shape index (κ2) is 3.49. The summed E-state index contributed by atoms with van der Waals surface area (Å²) in [6, 6.07) is 12.3. The van der Waals surface area contributed by atoms with Gasteiger partial charge in [-0.2, -0.15) is 0 Å². The third-order valence-electron chi connectivity index (χ3n) is 3.89. The largest absolute Gasteiger partial charge is 0.297 e. The molecule has 1 heteroatoms. The topological polar surface area (TPSA) is 3.24 Å². The highest BCUT2D eigenvalue weighted by molar-refractivity contribution is 5.67. The maximum atomic E-state index is 2.53. The smallest absolute Gasteiger partial charge is 0.0284 e. The molecular formula is C14H17N. The highest BCUT2D eigenvalue weighted by Gasteiger charge is 2.33. The Hall–Kier alpha value is -1.08. The number of hydrogen-bond donors (Lipinski definition) is 0. The van der Waals surface area contributed by atoms with Gasteiger partial charge in [0, 0.05) is 12.1 Å². The second-order valence-electron chi connectivity index (χ2n) is 4.73. The van der Waals surface area contributed by atoms with Crippen LogP contribution in [0.15, 0.2) is 36.4 Å². The van der Waals surface area contributed by atoms with Crippen molar-refractivity contribution >= 4 is 5.57 Å². The Labute approximate surface area is 91.4 Å². The molecule has 0 unspecified atom stereocenters. The van der Waals surface area contributed by atoms with Crippen LogP contribution in [0.25, 0.3) is 5.57 Å². The summed E-state index contributed by atoms with van der Waals surface area (Å²) in [4.78, 5) is 2.53. The van der Waals surface area contributed by atoms with E-state index in [0.717, 1.165) is 6.04 Å². The highest BCUT2D eigenvalue weighted by atomic mass is 15.2. The van der Waals surface area contributed by atoms with Crippen molar-refractivity contribution in [2.24, 2.45) is 0 Å². The standard InChI is InChI=1S/C14H17N/c1-15-13-7-8-14(15)10-12(9-13)11-5-3-2-4-6-11/h2-6,9,13-14H,7-8,10H2,1H3/t13-,14-/m1/s1. The molecule has 1 fully saturated rings. The van der Waals surface area contributed by atoms with Crippen molar-refractivity contribution in [3.05, 3.63) is 42.0 Å². The predicted octanol–water partition coefficient (Wildman–Crippen LogP) is 2.94. The van der Waals surface area contributed by atoms with Gasteiger partial charge in [0.2, 0.25) is 0 Å². The minimum atomic E-state index is 0.693. The molecule has 0 amide bonds. The van der Waals surface area contributed by atoms with Crippen LogP contribution in [0.5, 0.6) is 0 Å². The van der Waals surface area contributed by atoms with E-state index in [0.29, 0.717) is 6.04 Å². The minimum absolute atomic E-state index is 0.693. The monoisotopic (exact) mass is 199 g/mol. The van der Waals surface area contributed by atoms with Gasteiger partial charge < -0.3 is 0 Å². The second-order valence-corrected chi connectivity index (χ2v) is 4.73. The van der Waals surface area contributed by atoms with Gasteiger partial charge in [-0.05, 0) is 37.4 Å². The number of fused-ring (bicyclic) bond motifs is 2. The Bertz CT molecular complexity index is 380. The fraction of sp³-hybridized carbons (Fsp3) is 0.429. The van der Waals surface area contributed by atoms with Gasteiger partial charge in [-0.15, -0.1) is 0 Å². The molecule has 2 aliphatic rings. The van der Waals surface area contributed by atoms with Crippen LogP contribution in [0.4, 0.5) is 0 Å². The Balaban J connectivity index is 1.94. The molecule has 0 N–H and O–H groups in total. The van der Waals surface area contributed by atoms with Gasteiger partial charge in [-0.3, -0.25) is 4.90 Å². The molecule has 2 aliphatic heterocycles. The van der Waals surface area contributed by atoms with Crippen LogP contribution < -0.4 is 0 Å². The summed E-state index contributed by atoms with van der Waals surface area (Å²) in [7, 11) is 2.26. The minimum Gasteiger partial charge on any atom is -0.297 e. The lowest BCUT2D eigenvalue weighted by Crippen LogP contribution is -2.34. The van der Waals surface area contributed by atoms with Crippen LogP contribution in [0.1, 0.15) is 24.8 Å². The quantitative estimate of drug-likeness (QED) is 0.672. The zero-order valence-corrected chi connectivity index (χ0v) is 9.19. The first-order chi connectivity index (χ1) is 7.34. The third kappa shape index (κ3) is 1.51. The molecule has 2 atom stereocenters. The number of nitrogens with zero attached hydrogens (tertiary/aromatic N) is 1. The van der Waals surface area contributed by atoms with E-state index >= 15 is 0 Å². The number of likely N-dealkylation sites (N-methyl/N-ethyl adjacent to an activating group) is 1. The lowest BCUT2D eigenvalue weighted by atomic mass is 9.95. The Morgan fingerprint density at radius 3 is 2.67 bits per heavy atom. The predicted molar refractivity (Wildman–Crippen MR) is 63.6 cm³/mol. The van der Waals surface area contributed by atoms with E-state index < -0.39 is 0 Å². The fourth-order valence-corrected chi connectivity index (χ4v) is 2.91. The summed E-state index contributed by atoms with van der Waals surface area (Å²) >= 11 is 0. The molecule has 0 saturated carbocycles. The van der Waals surface area contributed by atoms with E-state index in [1.165, 1.54) is 24.8 Å². The van der Waals surface area contributed by atoms with Crippen LogP contribution in [0.3, 0.4) is 0 Å². The van der Waals surface area contributed by atoms with E-state index in [1.54, 1.807) is 5.57 Å². The molecule has 0 aromatic heterocycles. The first-order valence-corrected chi connectivity index (χ1v) is 5.82. The lowest BCUT2D eigenvalue weighted by Gasteiger charge is -2.30. The average Bonchev–Trinajstić information content (AvgIpc) is 2.54. The van der Waals surface area contributed by atoms with Crippen LogP contribution in [-0.4, -0.2) is 24.0 Å². The molecule has 1 nitrogen and oxygen atoms in total. The number of rotatable bonds is 1. The Morgan fingerprint density at radius 2 is 1.93 bits per heavy atom. The zero-order chi connectivity index (χ0) is 10.3. The van der Waals surface area contributed by atoms with Crippen molar-refractivity contribution in [1.29, 1.82) is 0 Å². The van der Waals surface area contributed by atoms with E-state index in [4.69, 9.17) is 0 Å². The van der Waals surface area contributed by atoms with Gasteiger partial charge in [0.05, 0.1) is 0 Å². The third-order valence-corrected chi connectivity index (χ3v) is 3.89. The summed E-state index contributed by atoms with van der Waals surface area (Å²) in [5.74, 6) is 0. The Morgan fingerprint density at radius 1 is 1.13 bits per heavy atom. The molecule has 0 aliphatic carbocycles. The summed E-state index contributed by atoms with van der Waals surface area (Å²) < 4.78 is 0. The summed E-state index contributed by atoms with van der Waals surface area (Å²) in [6.45, 7) is 0. The first-order valence-electron chi connectivity index (χ1n) is 5.82. The summed E-state index contributed by atoms with van der Waals surface area (Å²) in [5.41, 5.74) is 2.98. The summed E-state index contributed by atoms with van der Waals surface area (Å²) in [6.07, 6.45) is 6.42. The van der Waals surface area contributed by atoms with Crippen LogP contribution in [0, 0.1) is 0 Å². The van der Waals surface area contributed by atoms with Crippen LogP contribution in [0.2, 0.25) is 0 Å². The molecule has 2 bridgehead atoms. The SMILES string of the molecule is CN1[C@@H]2CC[C@@H]1C=C(c1ccccc1)C2. The lowest BCUT2D eigenvalue weighted by molar-refractivity contribution is 0.264. The molecule has 15 heavy (non-hydrogen) atoms. The van der Waals surface area contributed by atoms with Gasteiger partial charge in [0.15, 0.2) is 0 Å². The van der Waals surface area contributed by atoms with Crippen molar-refractivity contribution in [2.45, 2.75) is 31.3 Å². The van der Waals surface area contributed by atoms with Gasteiger partial charge in [0.25, 0.3) is 0 Å². The van der Waals surface area contributed by atoms with Crippen molar-refractivity contribution in [3.8, 4) is 0 Å². The van der Waals surface area contributed by atoms with Gasteiger partial charge in [-0.25, -0.2) is 0 Å². The van der Waals surface area contributed by atoms with Crippen molar-refractivity contribution in [3.63, 3.8) is 0 Å². The molecule has 1 saturated heterocycles. The average molecular weight is 199 g/mol. The maximum Gasteiger partial charge on any atom is 0.0284 e. The van der Waals surface area contributed by atoms with Gasteiger partial charge in [-0.1, -0.05) is 36.4 Å². The fourth-order valence-electron chi connectivity index (χ4n) is 2.91. The number of hydrogen-bond acceptors (Lipinski definition) is 1. The molecule has 2 heterocycles. The highest BCUT2D eigenvalue weighted by Crippen LogP contribution is 2.37. The molecular weight excluding hydrogens is 182 g/mol. The van der Waals surface area contributed by atoms with E-state index in [2.05, 4.69) is 48.4 Å². The maximum absolute atomic E-state index is 2.53. The van der Waals surface area contributed by atoms with E-state index in [9.17, 15) is 0 Å². The molecule has 78 valence electrons.